The van der Waals surface area contributed by atoms with E-state index in [0.29, 0.717) is 66.9 Å². The number of hydrogen-bond donors (Lipinski definition) is 0. The molecule has 0 atom stereocenters. The molecule has 0 aromatic heterocycles. The van der Waals surface area contributed by atoms with Crippen LogP contribution in [-0.2, 0) is 0 Å². The molecule has 0 amide bonds. The molecule has 0 bridgehead atoms. The maximum atomic E-state index is 13.6. The van der Waals surface area contributed by atoms with E-state index < -0.39 is 9.85 Å². The maximum Gasteiger partial charge on any atom is 0.323 e. The van der Waals surface area contributed by atoms with Crippen LogP contribution in [0.3, 0.4) is 0 Å². The lowest BCUT2D eigenvalue weighted by Crippen LogP contribution is -2.08. The van der Waals surface area contributed by atoms with Gasteiger partial charge in [0, 0.05) is 16.2 Å². The van der Waals surface area contributed by atoms with Crippen LogP contribution >= 0.6 is 0 Å². The number of benzene rings is 4. The number of nitro benzene ring substituents is 2. The summed E-state index contributed by atoms with van der Waals surface area (Å²) in [7, 11) is 0. The molecule has 0 heterocycles. The number of fused-ring (bicyclic) bond motifs is 6. The van der Waals surface area contributed by atoms with E-state index in [0.717, 1.165) is 103 Å². The molecule has 0 aliphatic heterocycles. The quantitative estimate of drug-likeness (QED) is 0.0202. The normalized spacial score (nSPS) is 11.4. The standard InChI is InChI=1S/C48H70N2O10/c1-7-13-19-25-55-39-31-35-36(32-40(39)56-26-20-14-8-2)43-38(34-42(58-28-22-16-10-4)48(45(43)49(51)52)60-30-24-18-12-6)44-37(35)33-41(57-27-21-15-9-3)47(46(44)50(53)54)59-29-23-17-11-5/h31-34H,7-30H2,1-6H3. The van der Waals surface area contributed by atoms with Crippen molar-refractivity contribution < 1.29 is 38.3 Å². The molecule has 4 aromatic rings. The lowest BCUT2D eigenvalue weighted by Gasteiger charge is -2.21. The minimum atomic E-state index is -0.447. The van der Waals surface area contributed by atoms with Crippen molar-refractivity contribution in [1.82, 2.24) is 0 Å². The topological polar surface area (TPSA) is 142 Å². The van der Waals surface area contributed by atoms with Gasteiger partial charge in [-0.15, -0.1) is 0 Å². The van der Waals surface area contributed by atoms with Gasteiger partial charge >= 0.3 is 11.4 Å². The zero-order valence-electron chi connectivity index (χ0n) is 37.3. The van der Waals surface area contributed by atoms with Crippen molar-refractivity contribution in [3.8, 4) is 34.5 Å². The van der Waals surface area contributed by atoms with Gasteiger partial charge < -0.3 is 28.4 Å². The third-order valence-corrected chi connectivity index (χ3v) is 10.7. The molecule has 0 spiro atoms. The minimum Gasteiger partial charge on any atom is -0.490 e. The summed E-state index contributed by atoms with van der Waals surface area (Å²) < 4.78 is 38.3. The summed E-state index contributed by atoms with van der Waals surface area (Å²) in [6, 6.07) is 7.12. The summed E-state index contributed by atoms with van der Waals surface area (Å²) >= 11 is 0. The summed E-state index contributed by atoms with van der Waals surface area (Å²) in [6.45, 7) is 14.6. The SMILES string of the molecule is CCCCCOc1cc2c(cc1OCCCCC)c1c([N+](=O)[O-])c(OCCCCC)c(OCCCCC)cc1c1c([N+](=O)[O-])c(OCCCCC)c(OCCCCC)cc21. The predicted octanol–water partition coefficient (Wildman–Crippen LogP) is 14.4. The molecule has 0 aliphatic carbocycles. The van der Waals surface area contributed by atoms with Crippen molar-refractivity contribution in [2.45, 2.75) is 157 Å². The van der Waals surface area contributed by atoms with Crippen molar-refractivity contribution in [2.24, 2.45) is 0 Å². The first-order valence-electron chi connectivity index (χ1n) is 22.9. The lowest BCUT2D eigenvalue weighted by molar-refractivity contribution is -0.384. The molecule has 60 heavy (non-hydrogen) atoms. The third kappa shape index (κ3) is 12.6. The Bertz CT molecular complexity index is 1910. The number of unbranched alkanes of at least 4 members (excludes halogenated alkanes) is 12. The molecular formula is C48H70N2O10. The first-order chi connectivity index (χ1) is 29.3. The number of nitro groups is 2. The predicted molar refractivity (Wildman–Crippen MR) is 242 cm³/mol. The van der Waals surface area contributed by atoms with Gasteiger partial charge in [0.05, 0.1) is 60.3 Å². The highest BCUT2D eigenvalue weighted by Crippen LogP contribution is 2.55. The molecule has 0 saturated heterocycles. The van der Waals surface area contributed by atoms with E-state index in [9.17, 15) is 20.2 Å². The van der Waals surface area contributed by atoms with Crippen molar-refractivity contribution in [1.29, 1.82) is 0 Å². The Morgan fingerprint density at radius 2 is 0.633 bits per heavy atom. The van der Waals surface area contributed by atoms with Gasteiger partial charge in [0.15, 0.2) is 23.0 Å². The van der Waals surface area contributed by atoms with E-state index in [4.69, 9.17) is 28.4 Å². The molecule has 12 nitrogen and oxygen atoms in total. The van der Waals surface area contributed by atoms with Gasteiger partial charge in [-0.3, -0.25) is 20.2 Å². The highest BCUT2D eigenvalue weighted by atomic mass is 16.6. The molecule has 4 aromatic carbocycles. The molecule has 12 heteroatoms. The van der Waals surface area contributed by atoms with Crippen LogP contribution in [0.25, 0.3) is 32.3 Å². The fourth-order valence-corrected chi connectivity index (χ4v) is 7.45. The van der Waals surface area contributed by atoms with Gasteiger partial charge in [-0.25, -0.2) is 0 Å². The van der Waals surface area contributed by atoms with E-state index in [1.807, 2.05) is 6.07 Å². The Balaban J connectivity index is 2.25. The Labute approximate surface area is 356 Å². The van der Waals surface area contributed by atoms with Crippen LogP contribution in [0.4, 0.5) is 11.4 Å². The zero-order chi connectivity index (χ0) is 43.3. The average Bonchev–Trinajstić information content (AvgIpc) is 3.24. The van der Waals surface area contributed by atoms with Crippen LogP contribution < -0.4 is 28.4 Å². The smallest absolute Gasteiger partial charge is 0.323 e. The fraction of sp³-hybridized carbons (Fsp3) is 0.625. The average molecular weight is 835 g/mol. The highest BCUT2D eigenvalue weighted by molar-refractivity contribution is 6.31. The van der Waals surface area contributed by atoms with Crippen LogP contribution in [-0.4, -0.2) is 49.5 Å². The molecule has 0 unspecified atom stereocenters. The molecule has 0 radical (unpaired) electrons. The van der Waals surface area contributed by atoms with Crippen molar-refractivity contribution >= 4 is 43.7 Å². The second-order valence-electron chi connectivity index (χ2n) is 15.6. The first kappa shape index (κ1) is 47.9. The van der Waals surface area contributed by atoms with Crippen LogP contribution in [0.1, 0.15) is 157 Å². The van der Waals surface area contributed by atoms with Gasteiger partial charge in [0.2, 0.25) is 11.5 Å². The van der Waals surface area contributed by atoms with Crippen molar-refractivity contribution in [2.75, 3.05) is 39.6 Å². The molecule has 0 saturated carbocycles. The number of rotatable bonds is 32. The fourth-order valence-electron chi connectivity index (χ4n) is 7.45. The van der Waals surface area contributed by atoms with Crippen LogP contribution in [0.15, 0.2) is 24.3 Å². The molecular weight excluding hydrogens is 765 g/mol. The molecule has 4 rings (SSSR count). The Morgan fingerprint density at radius 3 is 0.950 bits per heavy atom. The zero-order valence-corrected chi connectivity index (χ0v) is 37.3. The molecule has 332 valence electrons. The van der Waals surface area contributed by atoms with Crippen LogP contribution in [0.2, 0.25) is 0 Å². The van der Waals surface area contributed by atoms with Crippen LogP contribution in [0, 0.1) is 20.2 Å². The second kappa shape index (κ2) is 25.8. The highest BCUT2D eigenvalue weighted by Gasteiger charge is 2.35. The van der Waals surface area contributed by atoms with E-state index in [1.54, 1.807) is 18.2 Å². The Morgan fingerprint density at radius 1 is 0.367 bits per heavy atom. The van der Waals surface area contributed by atoms with Gasteiger partial charge in [-0.2, -0.15) is 0 Å². The maximum absolute atomic E-state index is 13.6. The molecule has 0 N–H and O–H groups in total. The summed E-state index contributed by atoms with van der Waals surface area (Å²) in [5, 5.41) is 29.3. The summed E-state index contributed by atoms with van der Waals surface area (Å²) in [5.74, 6) is 1.39. The Kier molecular flexibility index (Phi) is 20.6. The summed E-state index contributed by atoms with van der Waals surface area (Å²) in [4.78, 5) is 26.3. The van der Waals surface area contributed by atoms with E-state index in [2.05, 4.69) is 41.5 Å². The monoisotopic (exact) mass is 835 g/mol. The number of hydrogen-bond acceptors (Lipinski definition) is 10. The van der Waals surface area contributed by atoms with Gasteiger partial charge in [0.1, 0.15) is 0 Å². The van der Waals surface area contributed by atoms with E-state index >= 15 is 0 Å². The van der Waals surface area contributed by atoms with E-state index in [1.165, 1.54) is 0 Å². The minimum absolute atomic E-state index is 0.0145. The third-order valence-electron chi connectivity index (χ3n) is 10.7. The first-order valence-corrected chi connectivity index (χ1v) is 22.9. The lowest BCUT2D eigenvalue weighted by atomic mass is 9.91. The van der Waals surface area contributed by atoms with Crippen molar-refractivity contribution in [3.63, 3.8) is 0 Å². The van der Waals surface area contributed by atoms with Gasteiger partial charge in [-0.1, -0.05) is 119 Å². The summed E-state index contributed by atoms with van der Waals surface area (Å²) in [5.41, 5.74) is -0.621. The molecule has 0 fully saturated rings. The van der Waals surface area contributed by atoms with Gasteiger partial charge in [0.25, 0.3) is 0 Å². The van der Waals surface area contributed by atoms with Crippen LogP contribution in [0.5, 0.6) is 34.5 Å². The van der Waals surface area contributed by atoms with E-state index in [-0.39, 0.29) is 63.7 Å². The molecule has 0 aliphatic rings. The van der Waals surface area contributed by atoms with Crippen molar-refractivity contribution in [3.05, 3.63) is 44.5 Å². The second-order valence-corrected chi connectivity index (χ2v) is 15.6. The largest absolute Gasteiger partial charge is 0.490 e. The Hall–Kier alpha value is -4.74. The number of nitrogens with zero attached hydrogens (tertiary/aromatic N) is 2. The number of ether oxygens (including phenoxy) is 6. The van der Waals surface area contributed by atoms with Gasteiger partial charge in [-0.05, 0) is 68.2 Å². The summed E-state index contributed by atoms with van der Waals surface area (Å²) in [6.07, 6.45) is 16.0.